The van der Waals surface area contributed by atoms with E-state index in [1.165, 1.54) is 0 Å². The number of benzene rings is 1. The number of anilines is 3. The average molecular weight is 375 g/mol. The molecule has 0 amide bonds. The van der Waals surface area contributed by atoms with Gasteiger partial charge in [-0.1, -0.05) is 12.1 Å². The van der Waals surface area contributed by atoms with Gasteiger partial charge >= 0.3 is 0 Å². The third-order valence-electron chi connectivity index (χ3n) is 5.02. The van der Waals surface area contributed by atoms with E-state index in [1.54, 1.807) is 0 Å². The van der Waals surface area contributed by atoms with Crippen LogP contribution in [0.5, 0.6) is 0 Å². The van der Waals surface area contributed by atoms with Crippen LogP contribution in [0.3, 0.4) is 0 Å². The highest BCUT2D eigenvalue weighted by Crippen LogP contribution is 2.25. The topological polar surface area (TPSA) is 81.0 Å². The lowest BCUT2D eigenvalue weighted by atomic mass is 10.2. The van der Waals surface area contributed by atoms with Crippen LogP contribution in [0.1, 0.15) is 6.92 Å². The Labute approximate surface area is 162 Å². The molecule has 4 heterocycles. The highest BCUT2D eigenvalue weighted by atomic mass is 16.5. The summed E-state index contributed by atoms with van der Waals surface area (Å²) in [7, 11) is 0. The van der Waals surface area contributed by atoms with E-state index in [0.29, 0.717) is 11.8 Å². The Kier molecular flexibility index (Phi) is 4.25. The van der Waals surface area contributed by atoms with Crippen molar-refractivity contribution in [2.75, 3.05) is 36.5 Å². The molecular weight excluding hydrogens is 354 g/mol. The zero-order chi connectivity index (χ0) is 18.9. The molecule has 0 radical (unpaired) electrons. The Morgan fingerprint density at radius 3 is 2.64 bits per heavy atom. The molecule has 8 heteroatoms. The first kappa shape index (κ1) is 16.9. The van der Waals surface area contributed by atoms with Gasteiger partial charge in [0.2, 0.25) is 5.95 Å². The van der Waals surface area contributed by atoms with Crippen LogP contribution in [-0.2, 0) is 11.3 Å². The minimum atomic E-state index is 0.524. The number of aryl methyl sites for hydroxylation is 1. The molecule has 0 saturated carbocycles. The van der Waals surface area contributed by atoms with E-state index in [0.717, 1.165) is 60.3 Å². The summed E-state index contributed by atoms with van der Waals surface area (Å²) >= 11 is 0. The summed E-state index contributed by atoms with van der Waals surface area (Å²) in [6, 6.07) is 8.10. The molecule has 0 bridgehead atoms. The molecule has 0 aliphatic carbocycles. The van der Waals surface area contributed by atoms with E-state index < -0.39 is 0 Å². The standard InChI is InChI=1S/C20H21N7O/c1-2-27-19-15(12-23-27)4-3-14-11-22-20(25-18(14)19)24-17-6-5-16(13-21-17)26-7-9-28-10-8-26/h3-6,11-13H,2,7-10H2,1H3,(H,21,22,24,25). The van der Waals surface area contributed by atoms with Gasteiger partial charge in [-0.05, 0) is 19.1 Å². The molecule has 1 aliphatic rings. The fourth-order valence-corrected chi connectivity index (χ4v) is 3.55. The monoisotopic (exact) mass is 375 g/mol. The van der Waals surface area contributed by atoms with Gasteiger partial charge in [-0.3, -0.25) is 4.68 Å². The number of nitrogens with one attached hydrogen (secondary N) is 1. The summed E-state index contributed by atoms with van der Waals surface area (Å²) in [5, 5.41) is 9.72. The molecule has 4 aromatic rings. The Bertz CT molecular complexity index is 1120. The minimum absolute atomic E-state index is 0.524. The van der Waals surface area contributed by atoms with Crippen molar-refractivity contribution in [2.24, 2.45) is 0 Å². The van der Waals surface area contributed by atoms with Gasteiger partial charge in [0.1, 0.15) is 11.3 Å². The SMILES string of the molecule is CCn1ncc2ccc3cnc(Nc4ccc(N5CCOCC5)cn4)nc3c21. The number of hydrogen-bond donors (Lipinski definition) is 1. The summed E-state index contributed by atoms with van der Waals surface area (Å²) in [5.41, 5.74) is 3.02. The maximum absolute atomic E-state index is 5.40. The molecule has 5 rings (SSSR count). The number of aromatic nitrogens is 5. The number of morpholine rings is 1. The van der Waals surface area contributed by atoms with Gasteiger partial charge in [0.15, 0.2) is 0 Å². The van der Waals surface area contributed by atoms with Gasteiger partial charge in [0.25, 0.3) is 0 Å². The summed E-state index contributed by atoms with van der Waals surface area (Å²) in [6.45, 7) is 6.17. The van der Waals surface area contributed by atoms with Crippen molar-refractivity contribution in [3.63, 3.8) is 0 Å². The van der Waals surface area contributed by atoms with Crippen molar-refractivity contribution >= 4 is 39.3 Å². The zero-order valence-corrected chi connectivity index (χ0v) is 15.7. The van der Waals surface area contributed by atoms with Crippen LogP contribution < -0.4 is 10.2 Å². The zero-order valence-electron chi connectivity index (χ0n) is 15.7. The molecular formula is C20H21N7O. The van der Waals surface area contributed by atoms with E-state index in [-0.39, 0.29) is 0 Å². The van der Waals surface area contributed by atoms with Crippen LogP contribution >= 0.6 is 0 Å². The Balaban J connectivity index is 1.44. The fourth-order valence-electron chi connectivity index (χ4n) is 3.55. The van der Waals surface area contributed by atoms with Crippen LogP contribution in [0.15, 0.2) is 42.9 Å². The fraction of sp³-hybridized carbons (Fsp3) is 0.300. The van der Waals surface area contributed by atoms with Gasteiger partial charge in [-0.2, -0.15) is 5.10 Å². The normalized spacial score (nSPS) is 14.7. The Morgan fingerprint density at radius 2 is 1.86 bits per heavy atom. The largest absolute Gasteiger partial charge is 0.378 e. The number of ether oxygens (including phenoxy) is 1. The minimum Gasteiger partial charge on any atom is -0.378 e. The van der Waals surface area contributed by atoms with Crippen LogP contribution in [0.4, 0.5) is 17.5 Å². The van der Waals surface area contributed by atoms with Crippen LogP contribution in [0.25, 0.3) is 21.8 Å². The van der Waals surface area contributed by atoms with Gasteiger partial charge < -0.3 is 15.0 Å². The number of fused-ring (bicyclic) bond motifs is 3. The lowest BCUT2D eigenvalue weighted by Crippen LogP contribution is -2.36. The highest BCUT2D eigenvalue weighted by Gasteiger charge is 2.12. The average Bonchev–Trinajstić information content (AvgIpc) is 3.19. The number of hydrogen-bond acceptors (Lipinski definition) is 7. The van der Waals surface area contributed by atoms with Gasteiger partial charge in [-0.25, -0.2) is 15.0 Å². The number of pyridine rings is 1. The smallest absolute Gasteiger partial charge is 0.228 e. The van der Waals surface area contributed by atoms with E-state index in [1.807, 2.05) is 35.4 Å². The molecule has 1 saturated heterocycles. The van der Waals surface area contributed by atoms with Crippen molar-refractivity contribution in [2.45, 2.75) is 13.5 Å². The molecule has 8 nitrogen and oxygen atoms in total. The molecule has 3 aromatic heterocycles. The second-order valence-electron chi connectivity index (χ2n) is 6.72. The first-order valence-corrected chi connectivity index (χ1v) is 9.49. The highest BCUT2D eigenvalue weighted by molar-refractivity contribution is 6.03. The summed E-state index contributed by atoms with van der Waals surface area (Å²) < 4.78 is 7.37. The van der Waals surface area contributed by atoms with E-state index >= 15 is 0 Å². The third kappa shape index (κ3) is 3.01. The quantitative estimate of drug-likeness (QED) is 0.587. The molecule has 0 atom stereocenters. The number of nitrogens with zero attached hydrogens (tertiary/aromatic N) is 6. The molecule has 1 aliphatic heterocycles. The van der Waals surface area contributed by atoms with Crippen molar-refractivity contribution in [1.82, 2.24) is 24.7 Å². The van der Waals surface area contributed by atoms with Crippen LogP contribution in [-0.4, -0.2) is 51.0 Å². The molecule has 0 spiro atoms. The second-order valence-corrected chi connectivity index (χ2v) is 6.72. The summed E-state index contributed by atoms with van der Waals surface area (Å²) in [5.74, 6) is 1.24. The van der Waals surface area contributed by atoms with Crippen LogP contribution in [0.2, 0.25) is 0 Å². The van der Waals surface area contributed by atoms with Crippen molar-refractivity contribution < 1.29 is 4.74 Å². The third-order valence-corrected chi connectivity index (χ3v) is 5.02. The summed E-state index contributed by atoms with van der Waals surface area (Å²) in [4.78, 5) is 16.0. The molecule has 142 valence electrons. The lowest BCUT2D eigenvalue weighted by molar-refractivity contribution is 0.122. The van der Waals surface area contributed by atoms with Gasteiger partial charge in [0.05, 0.1) is 36.8 Å². The maximum atomic E-state index is 5.40. The molecule has 1 N–H and O–H groups in total. The second kappa shape index (κ2) is 7.05. The summed E-state index contributed by atoms with van der Waals surface area (Å²) in [6.07, 6.45) is 5.58. The molecule has 28 heavy (non-hydrogen) atoms. The van der Waals surface area contributed by atoms with Gasteiger partial charge in [0, 0.05) is 36.6 Å². The lowest BCUT2D eigenvalue weighted by Gasteiger charge is -2.28. The van der Waals surface area contributed by atoms with Crippen molar-refractivity contribution in [1.29, 1.82) is 0 Å². The van der Waals surface area contributed by atoms with Crippen molar-refractivity contribution in [3.8, 4) is 0 Å². The van der Waals surface area contributed by atoms with E-state index in [9.17, 15) is 0 Å². The van der Waals surface area contributed by atoms with Crippen molar-refractivity contribution in [3.05, 3.63) is 42.9 Å². The molecule has 0 unspecified atom stereocenters. The first-order valence-electron chi connectivity index (χ1n) is 9.49. The Hall–Kier alpha value is -3.26. The molecule has 1 aromatic carbocycles. The predicted molar refractivity (Wildman–Crippen MR) is 109 cm³/mol. The predicted octanol–water partition coefficient (Wildman–Crippen LogP) is 2.97. The first-order chi connectivity index (χ1) is 13.8. The Morgan fingerprint density at radius 1 is 1.00 bits per heavy atom. The van der Waals surface area contributed by atoms with Gasteiger partial charge in [-0.15, -0.1) is 0 Å². The van der Waals surface area contributed by atoms with E-state index in [2.05, 4.69) is 44.3 Å². The number of rotatable bonds is 4. The maximum Gasteiger partial charge on any atom is 0.228 e. The van der Waals surface area contributed by atoms with Crippen LogP contribution in [0, 0.1) is 0 Å². The molecule has 1 fully saturated rings. The van der Waals surface area contributed by atoms with E-state index in [4.69, 9.17) is 9.72 Å².